The maximum Gasteiger partial charge on any atom is 0.460 e. The van der Waals surface area contributed by atoms with Crippen LogP contribution in [-0.2, 0) is 28.6 Å². The average molecular weight is 720 g/mol. The molecule has 0 spiro atoms. The predicted octanol–water partition coefficient (Wildman–Crippen LogP) is 6.83. The van der Waals surface area contributed by atoms with E-state index >= 15 is 0 Å². The molecule has 26 heteroatoms. The normalized spacial score (nSPS) is 17.3. The fourth-order valence-corrected chi connectivity index (χ4v) is 3.42. The SMILES string of the molecule is CC(=O)C(C)(C(=O)OC(C)(C)C)C(F)(F)OS(=O)(=O)C(F)(F)C(F)(F)C(F)(F)C(F)(F)C(F)(F)C(F)(F)C(F)(F)C(F)(F)F. The number of rotatable bonds is 12. The van der Waals surface area contributed by atoms with Gasteiger partial charge in [-0.15, -0.1) is 0 Å². The summed E-state index contributed by atoms with van der Waals surface area (Å²) < 4.78 is 286. The number of carbonyl (C=O) groups excluding carboxylic acids is 2. The first kappa shape index (κ1) is 41.7. The van der Waals surface area contributed by atoms with Gasteiger partial charge in [-0.25, -0.2) is 0 Å². The first-order chi connectivity index (χ1) is 18.5. The lowest BCUT2D eigenvalue weighted by atomic mass is 9.84. The zero-order chi connectivity index (χ0) is 36.6. The number of ketones is 1. The van der Waals surface area contributed by atoms with Crippen molar-refractivity contribution in [3.05, 3.63) is 0 Å². The summed E-state index contributed by atoms with van der Waals surface area (Å²) in [5, 5.41) is -8.47. The second-order valence-electron chi connectivity index (χ2n) is 9.70. The molecule has 0 saturated carbocycles. The van der Waals surface area contributed by atoms with Gasteiger partial charge in [0.1, 0.15) is 5.60 Å². The average Bonchev–Trinajstić information content (AvgIpc) is 2.74. The van der Waals surface area contributed by atoms with Gasteiger partial charge < -0.3 is 4.74 Å². The maximum atomic E-state index is 14.6. The van der Waals surface area contributed by atoms with Crippen LogP contribution in [0, 0.1) is 5.41 Å². The van der Waals surface area contributed by atoms with Crippen LogP contribution in [0.1, 0.15) is 34.6 Å². The molecule has 0 bridgehead atoms. The summed E-state index contributed by atoms with van der Waals surface area (Å²) >= 11 is 0. The van der Waals surface area contributed by atoms with Gasteiger partial charge in [-0.05, 0) is 34.6 Å². The molecule has 6 nitrogen and oxygen atoms in total. The number of esters is 1. The first-order valence-electron chi connectivity index (χ1n) is 10.3. The number of hydrogen-bond acceptors (Lipinski definition) is 6. The molecule has 0 radical (unpaired) electrons. The Hall–Kier alpha value is -2.28. The highest BCUT2D eigenvalue weighted by Crippen LogP contribution is 2.64. The third kappa shape index (κ3) is 5.76. The Morgan fingerprint density at radius 1 is 0.523 bits per heavy atom. The van der Waals surface area contributed by atoms with Gasteiger partial charge in [0.05, 0.1) is 0 Å². The largest absolute Gasteiger partial charge is 0.460 e. The van der Waals surface area contributed by atoms with Gasteiger partial charge in [0.2, 0.25) is 5.41 Å². The molecule has 0 aliphatic heterocycles. The molecule has 0 aliphatic carbocycles. The lowest BCUT2D eigenvalue weighted by molar-refractivity contribution is -0.458. The van der Waals surface area contributed by atoms with Gasteiger partial charge >= 0.3 is 69.2 Å². The molecule has 0 heterocycles. The van der Waals surface area contributed by atoms with E-state index in [0.717, 1.165) is 20.8 Å². The molecule has 0 aromatic carbocycles. The van der Waals surface area contributed by atoms with E-state index in [0.29, 0.717) is 0 Å². The van der Waals surface area contributed by atoms with E-state index in [2.05, 4.69) is 8.92 Å². The molecule has 0 aromatic heterocycles. The number of carbonyl (C=O) groups is 2. The summed E-state index contributed by atoms with van der Waals surface area (Å²) in [6.45, 7) is 2.14. The third-order valence-electron chi connectivity index (χ3n) is 5.31. The zero-order valence-electron chi connectivity index (χ0n) is 21.5. The second kappa shape index (κ2) is 10.6. The van der Waals surface area contributed by atoms with Gasteiger partial charge in [-0.2, -0.15) is 96.0 Å². The second-order valence-corrected chi connectivity index (χ2v) is 11.3. The standard InChI is InChI=1S/C18H15F19O6S/c1-6(38)9(5,7(39)42-8(2,3)4)17(34,35)43-44(40,41)18(36,37)15(29,30)13(25,26)11(21,22)10(19,20)12(23,24)14(27,28)16(31,32)33/h1-5H3. The van der Waals surface area contributed by atoms with E-state index in [9.17, 15) is 101 Å². The number of Topliss-reactive ketones (excluding diaryl/α,β-unsaturated/α-hetero) is 1. The van der Waals surface area contributed by atoms with E-state index in [-0.39, 0.29) is 13.8 Å². The van der Waals surface area contributed by atoms with Crippen molar-refractivity contribution in [2.75, 3.05) is 0 Å². The number of ether oxygens (including phenoxy) is 1. The lowest BCUT2D eigenvalue weighted by Crippen LogP contribution is -2.75. The van der Waals surface area contributed by atoms with Crippen molar-refractivity contribution in [2.24, 2.45) is 5.41 Å². The number of halogens is 19. The number of alkyl halides is 19. The summed E-state index contributed by atoms with van der Waals surface area (Å²) in [6, 6.07) is 0. The van der Waals surface area contributed by atoms with Crippen LogP contribution in [0.15, 0.2) is 0 Å². The first-order valence-corrected chi connectivity index (χ1v) is 11.7. The Morgan fingerprint density at radius 2 is 0.818 bits per heavy atom. The van der Waals surface area contributed by atoms with Gasteiger partial charge in [0.15, 0.2) is 5.78 Å². The van der Waals surface area contributed by atoms with Crippen molar-refractivity contribution in [1.82, 2.24) is 0 Å². The highest BCUT2D eigenvalue weighted by atomic mass is 32.2. The van der Waals surface area contributed by atoms with Crippen LogP contribution in [0.2, 0.25) is 0 Å². The van der Waals surface area contributed by atoms with Crippen LogP contribution in [0.5, 0.6) is 0 Å². The highest BCUT2D eigenvalue weighted by Gasteiger charge is 2.96. The van der Waals surface area contributed by atoms with E-state index in [1.807, 2.05) is 0 Å². The quantitative estimate of drug-likeness (QED) is 0.0952. The Balaban J connectivity index is 7.21. The van der Waals surface area contributed by atoms with Crippen molar-refractivity contribution in [3.8, 4) is 0 Å². The van der Waals surface area contributed by atoms with Crippen LogP contribution < -0.4 is 0 Å². The van der Waals surface area contributed by atoms with Crippen LogP contribution in [0.4, 0.5) is 83.4 Å². The molecule has 0 aliphatic rings. The van der Waals surface area contributed by atoms with Gasteiger partial charge in [0, 0.05) is 0 Å². The van der Waals surface area contributed by atoms with E-state index < -0.39 is 86.0 Å². The topological polar surface area (TPSA) is 86.7 Å². The van der Waals surface area contributed by atoms with Crippen molar-refractivity contribution in [3.63, 3.8) is 0 Å². The summed E-state index contributed by atoms with van der Waals surface area (Å²) in [5.74, 6) is -58.8. The van der Waals surface area contributed by atoms with E-state index in [4.69, 9.17) is 0 Å². The highest BCUT2D eigenvalue weighted by molar-refractivity contribution is 7.87. The summed E-state index contributed by atoms with van der Waals surface area (Å²) in [7, 11) is -8.81. The van der Waals surface area contributed by atoms with Crippen LogP contribution in [-0.4, -0.2) is 78.8 Å². The van der Waals surface area contributed by atoms with Crippen molar-refractivity contribution in [2.45, 2.75) is 93.3 Å². The number of hydrogen-bond donors (Lipinski definition) is 0. The molecule has 262 valence electrons. The monoisotopic (exact) mass is 720 g/mol. The molecule has 44 heavy (non-hydrogen) atoms. The van der Waals surface area contributed by atoms with Crippen LogP contribution in [0.25, 0.3) is 0 Å². The predicted molar refractivity (Wildman–Crippen MR) is 100 cm³/mol. The fourth-order valence-electron chi connectivity index (χ4n) is 2.43. The summed E-state index contributed by atoms with van der Waals surface area (Å²) in [6.07, 6.45) is -14.5. The van der Waals surface area contributed by atoms with Crippen LogP contribution in [0.3, 0.4) is 0 Å². The van der Waals surface area contributed by atoms with Gasteiger partial charge in [-0.1, -0.05) is 0 Å². The van der Waals surface area contributed by atoms with Crippen LogP contribution >= 0.6 is 0 Å². The minimum Gasteiger partial charge on any atom is -0.459 e. The van der Waals surface area contributed by atoms with Crippen molar-refractivity contribution in [1.29, 1.82) is 0 Å². The Morgan fingerprint density at radius 3 is 1.09 bits per heavy atom. The molecule has 1 atom stereocenters. The third-order valence-corrected chi connectivity index (χ3v) is 6.63. The van der Waals surface area contributed by atoms with Gasteiger partial charge in [-0.3, -0.25) is 9.59 Å². The van der Waals surface area contributed by atoms with E-state index in [1.165, 1.54) is 0 Å². The molecule has 0 N–H and O–H groups in total. The lowest BCUT2D eigenvalue weighted by Gasteiger charge is -2.42. The minimum atomic E-state index is -9.21. The minimum absolute atomic E-state index is 0.0613. The Bertz CT molecular complexity index is 1230. The van der Waals surface area contributed by atoms with Crippen molar-refractivity contribution < 1.29 is 110 Å². The molecule has 0 saturated heterocycles. The molecule has 0 fully saturated rings. The summed E-state index contributed by atoms with van der Waals surface area (Å²) in [4.78, 5) is 23.8. The van der Waals surface area contributed by atoms with Gasteiger partial charge in [0.25, 0.3) is 0 Å². The molecular weight excluding hydrogens is 705 g/mol. The zero-order valence-corrected chi connectivity index (χ0v) is 22.4. The molecular formula is C18H15F19O6S. The Kier molecular flexibility index (Phi) is 10.1. The Labute approximate surface area is 231 Å². The summed E-state index contributed by atoms with van der Waals surface area (Å²) in [5.41, 5.74) is -6.44. The molecule has 0 rings (SSSR count). The maximum absolute atomic E-state index is 14.6. The molecule has 0 amide bonds. The van der Waals surface area contributed by atoms with E-state index in [1.54, 1.807) is 0 Å². The van der Waals surface area contributed by atoms with Crippen molar-refractivity contribution >= 4 is 21.9 Å². The molecule has 1 unspecified atom stereocenters. The molecule has 0 aromatic rings. The fraction of sp³-hybridized carbons (Fsp3) is 0.889. The smallest absolute Gasteiger partial charge is 0.459 e.